The molecule has 0 aromatic rings. The molecule has 0 radical (unpaired) electrons. The second-order valence-electron chi connectivity index (χ2n) is 4.19. The smallest absolute Gasteiger partial charge is 0.434 e. The molecule has 0 aromatic carbocycles. The summed E-state index contributed by atoms with van der Waals surface area (Å²) >= 11 is -2.67. The summed E-state index contributed by atoms with van der Waals surface area (Å²) in [6.07, 6.45) is -1.13. The van der Waals surface area contributed by atoms with Gasteiger partial charge < -0.3 is 14.4 Å². The number of carbonyl (C=O) groups excluding carboxylic acids is 1. The zero-order valence-electron chi connectivity index (χ0n) is 9.92. The molecule has 0 fully saturated rings. The Balaban J connectivity index is 5.02. The van der Waals surface area contributed by atoms with Crippen LogP contribution in [0.2, 0.25) is 0 Å². The number of aliphatic imine (C=N–C) groups is 1. The Labute approximate surface area is 101 Å². The summed E-state index contributed by atoms with van der Waals surface area (Å²) in [6.45, 7) is 5.85. The summed E-state index contributed by atoms with van der Waals surface area (Å²) in [7, 11) is 0. The highest BCUT2D eigenvalue weighted by atomic mass is 32.2. The normalized spacial score (nSPS) is 16.2. The Morgan fingerprint density at radius 2 is 1.88 bits per heavy atom. The Morgan fingerprint density at radius 3 is 2.18 bits per heavy atom. The number of amides is 1. The van der Waals surface area contributed by atoms with E-state index in [1.54, 1.807) is 20.8 Å². The summed E-state index contributed by atoms with van der Waals surface area (Å²) in [4.78, 5) is 25.1. The van der Waals surface area contributed by atoms with Gasteiger partial charge in [-0.2, -0.15) is 4.99 Å². The number of hydrogen-bond acceptors (Lipinski definition) is 5. The number of hydrogen-bond donors (Lipinski definition) is 1. The minimum Gasteiger partial charge on any atom is -0.772 e. The Morgan fingerprint density at radius 1 is 1.41 bits per heavy atom. The van der Waals surface area contributed by atoms with Crippen molar-refractivity contribution < 1.29 is 28.2 Å². The first-order chi connectivity index (χ1) is 7.54. The van der Waals surface area contributed by atoms with Crippen molar-refractivity contribution in [1.29, 1.82) is 0 Å². The molecule has 0 saturated heterocycles. The zero-order chi connectivity index (χ0) is 13.8. The van der Waals surface area contributed by atoms with Gasteiger partial charge in [0.15, 0.2) is 0 Å². The van der Waals surface area contributed by atoms with E-state index in [0.717, 1.165) is 6.92 Å². The molecule has 1 amide bonds. The maximum Gasteiger partial charge on any atom is 0.434 e. The van der Waals surface area contributed by atoms with E-state index >= 15 is 0 Å². The van der Waals surface area contributed by atoms with Crippen LogP contribution in [-0.2, 0) is 20.6 Å². The Hall–Kier alpha value is -1.28. The number of aliphatic carboxylic acids is 1. The molecule has 98 valence electrons. The van der Waals surface area contributed by atoms with Crippen molar-refractivity contribution in [3.05, 3.63) is 0 Å². The summed E-state index contributed by atoms with van der Waals surface area (Å²) in [5, 5.41) is 7.34. The highest BCUT2D eigenvalue weighted by molar-refractivity contribution is 7.80. The minimum atomic E-state index is -2.67. The molecule has 0 aliphatic heterocycles. The molecule has 0 aromatic heterocycles. The fourth-order valence-corrected chi connectivity index (χ4v) is 1.12. The second kappa shape index (κ2) is 5.87. The van der Waals surface area contributed by atoms with Crippen molar-refractivity contribution in [1.82, 2.24) is 0 Å². The molecule has 8 heteroatoms. The molecule has 0 heterocycles. The number of rotatable bonds is 3. The summed E-state index contributed by atoms with van der Waals surface area (Å²) in [5.41, 5.74) is -1.60. The van der Waals surface area contributed by atoms with E-state index in [1.807, 2.05) is 0 Å². The number of carboxylic acids is 1. The monoisotopic (exact) mass is 264 g/mol. The van der Waals surface area contributed by atoms with Gasteiger partial charge in [-0.05, 0) is 38.8 Å². The van der Waals surface area contributed by atoms with Crippen LogP contribution in [0.5, 0.6) is 0 Å². The van der Waals surface area contributed by atoms with Crippen molar-refractivity contribution in [2.24, 2.45) is 4.99 Å². The van der Waals surface area contributed by atoms with Crippen LogP contribution in [0, 0.1) is 0 Å². The molecule has 0 spiro atoms. The van der Waals surface area contributed by atoms with E-state index in [1.165, 1.54) is 0 Å². The zero-order valence-corrected chi connectivity index (χ0v) is 10.7. The number of ether oxygens (including phenoxy) is 1. The van der Waals surface area contributed by atoms with E-state index in [-0.39, 0.29) is 0 Å². The SMILES string of the molecule is CC(C(=NC(=O)OC(C)(C)C)C(=O)O)S(=O)[O-]. The topological polar surface area (TPSA) is 116 Å². The molecule has 0 aliphatic carbocycles. The van der Waals surface area contributed by atoms with Gasteiger partial charge in [-0.15, -0.1) is 0 Å². The summed E-state index contributed by atoms with van der Waals surface area (Å²) in [5.74, 6) is -1.58. The molecular formula is C9H14NO6S-. The molecule has 2 unspecified atom stereocenters. The lowest BCUT2D eigenvalue weighted by molar-refractivity contribution is -0.129. The van der Waals surface area contributed by atoms with Crippen molar-refractivity contribution >= 4 is 28.9 Å². The van der Waals surface area contributed by atoms with Gasteiger partial charge >= 0.3 is 12.1 Å². The first-order valence-electron chi connectivity index (χ1n) is 4.67. The molecule has 7 nitrogen and oxygen atoms in total. The van der Waals surface area contributed by atoms with Crippen molar-refractivity contribution in [3.63, 3.8) is 0 Å². The van der Waals surface area contributed by atoms with Gasteiger partial charge in [-0.3, -0.25) is 4.21 Å². The lowest BCUT2D eigenvalue weighted by Gasteiger charge is -2.18. The lowest BCUT2D eigenvalue weighted by atomic mass is 10.2. The predicted molar refractivity (Wildman–Crippen MR) is 59.7 cm³/mol. The summed E-state index contributed by atoms with van der Waals surface area (Å²) in [6, 6.07) is 0. The highest BCUT2D eigenvalue weighted by Crippen LogP contribution is 2.09. The van der Waals surface area contributed by atoms with Gasteiger partial charge in [-0.25, -0.2) is 9.59 Å². The average Bonchev–Trinajstić information content (AvgIpc) is 2.09. The molecular weight excluding hydrogens is 250 g/mol. The number of carboxylic acid groups (broad SMARTS) is 1. The molecule has 2 atom stereocenters. The van der Waals surface area contributed by atoms with Crippen LogP contribution < -0.4 is 0 Å². The lowest BCUT2D eigenvalue weighted by Crippen LogP contribution is -2.32. The fraction of sp³-hybridized carbons (Fsp3) is 0.667. The van der Waals surface area contributed by atoms with Crippen LogP contribution in [0.25, 0.3) is 0 Å². The molecule has 17 heavy (non-hydrogen) atoms. The van der Waals surface area contributed by atoms with Crippen LogP contribution in [0.3, 0.4) is 0 Å². The molecule has 0 bridgehead atoms. The van der Waals surface area contributed by atoms with Crippen molar-refractivity contribution in [2.45, 2.75) is 38.5 Å². The average molecular weight is 264 g/mol. The maximum absolute atomic E-state index is 11.2. The largest absolute Gasteiger partial charge is 0.772 e. The van der Waals surface area contributed by atoms with Crippen LogP contribution in [0.15, 0.2) is 4.99 Å². The minimum absolute atomic E-state index is 0.771. The predicted octanol–water partition coefficient (Wildman–Crippen LogP) is 0.715. The van der Waals surface area contributed by atoms with E-state index in [4.69, 9.17) is 9.84 Å². The van der Waals surface area contributed by atoms with Gasteiger partial charge in [0.2, 0.25) is 0 Å². The van der Waals surface area contributed by atoms with Crippen LogP contribution in [0.4, 0.5) is 4.79 Å². The third kappa shape index (κ3) is 6.12. The second-order valence-corrected chi connectivity index (χ2v) is 5.41. The number of carbonyl (C=O) groups is 2. The van der Waals surface area contributed by atoms with Crippen LogP contribution in [0.1, 0.15) is 27.7 Å². The first kappa shape index (κ1) is 15.7. The van der Waals surface area contributed by atoms with E-state index < -0.39 is 39.7 Å². The Kier molecular flexibility index (Phi) is 5.43. The van der Waals surface area contributed by atoms with E-state index in [0.29, 0.717) is 0 Å². The van der Waals surface area contributed by atoms with E-state index in [2.05, 4.69) is 4.99 Å². The molecule has 0 saturated carbocycles. The molecule has 0 aliphatic rings. The first-order valence-corrected chi connectivity index (χ1v) is 5.81. The standard InChI is InChI=1S/C9H15NO6S/c1-5(17(14)15)6(7(11)12)10-8(13)16-9(2,3)4/h5H,1-4H3,(H,11,12)(H,14,15)/p-1. The quantitative estimate of drug-likeness (QED) is 0.592. The van der Waals surface area contributed by atoms with Gasteiger partial charge in [-0.1, -0.05) is 0 Å². The molecule has 0 rings (SSSR count). The third-order valence-electron chi connectivity index (χ3n) is 1.50. The van der Waals surface area contributed by atoms with Crippen LogP contribution in [-0.4, -0.2) is 42.5 Å². The van der Waals surface area contributed by atoms with E-state index in [9.17, 15) is 18.4 Å². The van der Waals surface area contributed by atoms with Gasteiger partial charge in [0.25, 0.3) is 0 Å². The number of nitrogens with zero attached hydrogens (tertiary/aromatic N) is 1. The maximum atomic E-state index is 11.2. The molecule has 1 N–H and O–H groups in total. The third-order valence-corrected chi connectivity index (χ3v) is 2.30. The van der Waals surface area contributed by atoms with Gasteiger partial charge in [0, 0.05) is 0 Å². The van der Waals surface area contributed by atoms with Crippen LogP contribution >= 0.6 is 0 Å². The summed E-state index contributed by atoms with van der Waals surface area (Å²) < 4.78 is 26.0. The van der Waals surface area contributed by atoms with Crippen molar-refractivity contribution in [3.8, 4) is 0 Å². The van der Waals surface area contributed by atoms with Crippen molar-refractivity contribution in [2.75, 3.05) is 0 Å². The van der Waals surface area contributed by atoms with Gasteiger partial charge in [0.1, 0.15) is 11.3 Å². The highest BCUT2D eigenvalue weighted by Gasteiger charge is 2.23. The fourth-order valence-electron chi connectivity index (χ4n) is 0.787. The van der Waals surface area contributed by atoms with Gasteiger partial charge in [0.05, 0.1) is 5.25 Å². The Bertz CT molecular complexity index is 370.